The first-order valence-corrected chi connectivity index (χ1v) is 6.82. The van der Waals surface area contributed by atoms with Crippen LogP contribution in [0.5, 0.6) is 0 Å². The minimum atomic E-state index is -4.17. The highest BCUT2D eigenvalue weighted by Gasteiger charge is 2.24. The first-order chi connectivity index (χ1) is 7.03. The quantitative estimate of drug-likeness (QED) is 0.743. The van der Waals surface area contributed by atoms with Gasteiger partial charge in [-0.2, -0.15) is 0 Å². The molecule has 0 aliphatic heterocycles. The monoisotopic (exact) mass is 242 g/mol. The zero-order valence-electron chi connectivity index (χ0n) is 10.4. The smallest absolute Gasteiger partial charge is 0.321 e. The van der Waals surface area contributed by atoms with Gasteiger partial charge in [-0.3, -0.25) is 4.57 Å². The Hall–Kier alpha value is -0.630. The molecule has 4 heteroatoms. The van der Waals surface area contributed by atoms with Crippen molar-refractivity contribution in [3.05, 3.63) is 28.8 Å². The number of hydrogen-bond donors (Lipinski definition) is 2. The second-order valence-corrected chi connectivity index (χ2v) is 6.79. The highest BCUT2D eigenvalue weighted by Crippen LogP contribution is 2.37. The number of hydrogen-bond acceptors (Lipinski definition) is 1. The maximum atomic E-state index is 11.3. The third-order valence-corrected chi connectivity index (χ3v) is 3.94. The minimum absolute atomic E-state index is 0.0110. The maximum absolute atomic E-state index is 11.3. The molecule has 0 spiro atoms. The first-order valence-electron chi connectivity index (χ1n) is 5.21. The van der Waals surface area contributed by atoms with E-state index >= 15 is 0 Å². The lowest BCUT2D eigenvalue weighted by molar-refractivity contribution is 0.387. The number of benzene rings is 1. The molecule has 3 nitrogen and oxygen atoms in total. The van der Waals surface area contributed by atoms with Crippen LogP contribution < -0.4 is 5.30 Å². The highest BCUT2D eigenvalue weighted by atomic mass is 31.2. The van der Waals surface area contributed by atoms with Crippen LogP contribution in [0.25, 0.3) is 0 Å². The number of rotatable bonds is 1. The van der Waals surface area contributed by atoms with Crippen LogP contribution in [0.4, 0.5) is 0 Å². The topological polar surface area (TPSA) is 57.5 Å². The van der Waals surface area contributed by atoms with Gasteiger partial charge in [-0.25, -0.2) is 0 Å². The van der Waals surface area contributed by atoms with E-state index in [9.17, 15) is 14.4 Å². The standard InChI is InChI=1S/C12H19O3P/c1-8-6-10(12(3,4)5)7-9(2)11(8)16(13,14)15/h6-7H,1-5H3,(H2,13,14,15). The van der Waals surface area contributed by atoms with Crippen LogP contribution >= 0.6 is 7.60 Å². The van der Waals surface area contributed by atoms with E-state index in [4.69, 9.17) is 0 Å². The second-order valence-electron chi connectivity index (χ2n) is 5.25. The third kappa shape index (κ3) is 2.73. The molecular formula is C12H19O3P. The van der Waals surface area contributed by atoms with Crippen molar-refractivity contribution in [1.82, 2.24) is 0 Å². The van der Waals surface area contributed by atoms with Crippen LogP contribution in [-0.2, 0) is 9.98 Å². The summed E-state index contributed by atoms with van der Waals surface area (Å²) in [5.74, 6) is 0. The molecule has 0 unspecified atom stereocenters. The molecule has 0 saturated heterocycles. The largest absolute Gasteiger partial charge is 0.356 e. The van der Waals surface area contributed by atoms with E-state index < -0.39 is 7.60 Å². The molecule has 0 fully saturated rings. The summed E-state index contributed by atoms with van der Waals surface area (Å²) >= 11 is 0. The van der Waals surface area contributed by atoms with Crippen LogP contribution in [0, 0.1) is 13.8 Å². The fraction of sp³-hybridized carbons (Fsp3) is 0.500. The predicted molar refractivity (Wildman–Crippen MR) is 66.3 cm³/mol. The fourth-order valence-electron chi connectivity index (χ4n) is 1.85. The van der Waals surface area contributed by atoms with Crippen molar-refractivity contribution < 1.29 is 14.4 Å². The summed E-state index contributed by atoms with van der Waals surface area (Å²) in [6, 6.07) is 3.73. The van der Waals surface area contributed by atoms with Crippen molar-refractivity contribution in [2.45, 2.75) is 40.0 Å². The zero-order chi connectivity index (χ0) is 12.7. The molecule has 0 radical (unpaired) electrons. The lowest BCUT2D eigenvalue weighted by atomic mass is 9.85. The Morgan fingerprint density at radius 2 is 1.44 bits per heavy atom. The fourth-order valence-corrected chi connectivity index (χ4v) is 2.90. The molecule has 0 heterocycles. The second kappa shape index (κ2) is 3.99. The van der Waals surface area contributed by atoms with Crippen molar-refractivity contribution in [2.24, 2.45) is 0 Å². The van der Waals surface area contributed by atoms with E-state index in [0.717, 1.165) is 5.56 Å². The van der Waals surface area contributed by atoms with E-state index in [0.29, 0.717) is 11.1 Å². The summed E-state index contributed by atoms with van der Waals surface area (Å²) in [6.45, 7) is 9.74. The van der Waals surface area contributed by atoms with E-state index in [2.05, 4.69) is 20.8 Å². The summed E-state index contributed by atoms with van der Waals surface area (Å²) in [5.41, 5.74) is 2.42. The van der Waals surface area contributed by atoms with Gasteiger partial charge in [0.1, 0.15) is 0 Å². The van der Waals surface area contributed by atoms with Crippen molar-refractivity contribution in [1.29, 1.82) is 0 Å². The Bertz CT molecular complexity index is 429. The SMILES string of the molecule is Cc1cc(C(C)(C)C)cc(C)c1P(=O)(O)O. The van der Waals surface area contributed by atoms with E-state index in [1.807, 2.05) is 12.1 Å². The van der Waals surface area contributed by atoms with Crippen molar-refractivity contribution >= 4 is 12.9 Å². The molecule has 90 valence electrons. The third-order valence-electron chi connectivity index (χ3n) is 2.65. The normalized spacial score (nSPS) is 12.9. The van der Waals surface area contributed by atoms with Gasteiger partial charge in [0, 0.05) is 0 Å². The lowest BCUT2D eigenvalue weighted by Crippen LogP contribution is -2.18. The minimum Gasteiger partial charge on any atom is -0.321 e. The van der Waals surface area contributed by atoms with Gasteiger partial charge < -0.3 is 9.79 Å². The Balaban J connectivity index is 3.47. The van der Waals surface area contributed by atoms with E-state index in [1.165, 1.54) is 0 Å². The Labute approximate surface area is 96.7 Å². The van der Waals surface area contributed by atoms with Crippen LogP contribution in [0.2, 0.25) is 0 Å². The van der Waals surface area contributed by atoms with Gasteiger partial charge in [0.25, 0.3) is 0 Å². The molecule has 2 N–H and O–H groups in total. The zero-order valence-corrected chi connectivity index (χ0v) is 11.3. The molecule has 0 bridgehead atoms. The molecule has 1 aromatic carbocycles. The molecule has 16 heavy (non-hydrogen) atoms. The maximum Gasteiger partial charge on any atom is 0.356 e. The average Bonchev–Trinajstić information content (AvgIpc) is 1.97. The highest BCUT2D eigenvalue weighted by molar-refractivity contribution is 7.60. The molecule has 0 aliphatic rings. The summed E-state index contributed by atoms with van der Waals surface area (Å²) in [5, 5.41) is 0.167. The van der Waals surface area contributed by atoms with Crippen LogP contribution in [0.3, 0.4) is 0 Å². The molecule has 0 amide bonds. The number of aryl methyl sites for hydroxylation is 2. The van der Waals surface area contributed by atoms with Crippen molar-refractivity contribution in [3.63, 3.8) is 0 Å². The Kier molecular flexibility index (Phi) is 3.35. The van der Waals surface area contributed by atoms with Gasteiger partial charge in [-0.05, 0) is 36.0 Å². The van der Waals surface area contributed by atoms with Gasteiger partial charge >= 0.3 is 7.60 Å². The summed E-state index contributed by atoms with van der Waals surface area (Å²) in [4.78, 5) is 18.5. The van der Waals surface area contributed by atoms with E-state index in [-0.39, 0.29) is 10.7 Å². The summed E-state index contributed by atoms with van der Waals surface area (Å²) < 4.78 is 11.3. The molecule has 0 atom stereocenters. The summed E-state index contributed by atoms with van der Waals surface area (Å²) in [6.07, 6.45) is 0. The van der Waals surface area contributed by atoms with Gasteiger partial charge in [-0.1, -0.05) is 32.9 Å². The van der Waals surface area contributed by atoms with Gasteiger partial charge in [0.05, 0.1) is 5.30 Å². The first kappa shape index (κ1) is 13.4. The van der Waals surface area contributed by atoms with Gasteiger partial charge in [0.15, 0.2) is 0 Å². The summed E-state index contributed by atoms with van der Waals surface area (Å²) in [7, 11) is -4.17. The predicted octanol–water partition coefficient (Wildman–Crippen LogP) is 2.40. The van der Waals surface area contributed by atoms with Gasteiger partial charge in [0.2, 0.25) is 0 Å². The van der Waals surface area contributed by atoms with Crippen LogP contribution in [0.1, 0.15) is 37.5 Å². The van der Waals surface area contributed by atoms with Crippen LogP contribution in [0.15, 0.2) is 12.1 Å². The van der Waals surface area contributed by atoms with Crippen molar-refractivity contribution in [3.8, 4) is 0 Å². The van der Waals surface area contributed by atoms with Gasteiger partial charge in [-0.15, -0.1) is 0 Å². The average molecular weight is 242 g/mol. The Morgan fingerprint density at radius 3 is 1.69 bits per heavy atom. The Morgan fingerprint density at radius 1 is 1.06 bits per heavy atom. The molecule has 1 aromatic rings. The van der Waals surface area contributed by atoms with Crippen molar-refractivity contribution in [2.75, 3.05) is 0 Å². The molecule has 0 saturated carbocycles. The lowest BCUT2D eigenvalue weighted by Gasteiger charge is -2.22. The molecular weight excluding hydrogens is 223 g/mol. The van der Waals surface area contributed by atoms with Crippen LogP contribution in [-0.4, -0.2) is 9.79 Å². The van der Waals surface area contributed by atoms with E-state index in [1.54, 1.807) is 13.8 Å². The molecule has 0 aliphatic carbocycles. The molecule has 1 rings (SSSR count). The molecule has 0 aromatic heterocycles.